The van der Waals surface area contributed by atoms with Crippen molar-refractivity contribution in [3.05, 3.63) is 54.1 Å². The van der Waals surface area contributed by atoms with Crippen LogP contribution in [0.5, 0.6) is 17.2 Å². The van der Waals surface area contributed by atoms with Crippen molar-refractivity contribution >= 4 is 5.97 Å². The Kier molecular flexibility index (Phi) is 8.16. The van der Waals surface area contributed by atoms with Crippen molar-refractivity contribution in [3.63, 3.8) is 0 Å². The Morgan fingerprint density at radius 1 is 0.946 bits per heavy atom. The van der Waals surface area contributed by atoms with Crippen molar-refractivity contribution in [1.29, 1.82) is 0 Å². The molecule has 2 saturated heterocycles. The van der Waals surface area contributed by atoms with Crippen LogP contribution < -0.4 is 4.74 Å². The van der Waals surface area contributed by atoms with Crippen molar-refractivity contribution in [2.24, 2.45) is 0 Å². The number of rotatable bonds is 8. The van der Waals surface area contributed by atoms with Crippen molar-refractivity contribution in [2.45, 2.75) is 48.7 Å². The molecule has 2 aromatic carbocycles. The summed E-state index contributed by atoms with van der Waals surface area (Å²) < 4.78 is 27.3. The number of carbonyl (C=O) groups excluding carboxylic acids is 1. The summed E-state index contributed by atoms with van der Waals surface area (Å²) in [5.74, 6) is -0.697. The van der Waals surface area contributed by atoms with Gasteiger partial charge in [-0.2, -0.15) is 0 Å². The van der Waals surface area contributed by atoms with E-state index in [0.717, 1.165) is 0 Å². The molecule has 0 aliphatic carbocycles. The van der Waals surface area contributed by atoms with E-state index in [9.17, 15) is 40.5 Å². The largest absolute Gasteiger partial charge is 0.508 e. The second-order valence-corrected chi connectivity index (χ2v) is 8.77. The molecule has 0 radical (unpaired) electrons. The number of ether oxygens (including phenoxy) is 5. The van der Waals surface area contributed by atoms with Crippen LogP contribution in [-0.4, -0.2) is 110 Å². The van der Waals surface area contributed by atoms with Gasteiger partial charge in [-0.1, -0.05) is 0 Å². The molecule has 0 aromatic heterocycles. The van der Waals surface area contributed by atoms with Crippen LogP contribution in [0.2, 0.25) is 0 Å². The third-order valence-corrected chi connectivity index (χ3v) is 6.07. The van der Waals surface area contributed by atoms with Gasteiger partial charge in [0.15, 0.2) is 18.0 Å². The summed E-state index contributed by atoms with van der Waals surface area (Å²) in [4.78, 5) is 12.2. The summed E-state index contributed by atoms with van der Waals surface area (Å²) in [7, 11) is 0. The number of aromatic hydroxyl groups is 2. The highest BCUT2D eigenvalue weighted by Crippen LogP contribution is 2.32. The number of esters is 1. The topological polar surface area (TPSA) is 205 Å². The highest BCUT2D eigenvalue weighted by molar-refractivity contribution is 5.89. The SMILES string of the molecule is O=C(OC[C@]1(O)CO[C@H](O[C@@H]2[C@@H](Oc3ccc(O)cc3)O[C@@H](CO)[C@H](O)[C@H]2O)[C@H]1O)c1ccc(O)cc1. The van der Waals surface area contributed by atoms with Gasteiger partial charge in [-0.15, -0.1) is 0 Å². The number of benzene rings is 2. The van der Waals surface area contributed by atoms with Crippen molar-refractivity contribution in [1.82, 2.24) is 0 Å². The molecule has 0 saturated carbocycles. The summed E-state index contributed by atoms with van der Waals surface area (Å²) in [6.07, 6.45) is -10.6. The maximum absolute atomic E-state index is 12.2. The van der Waals surface area contributed by atoms with Crippen molar-refractivity contribution in [3.8, 4) is 17.2 Å². The molecule has 2 heterocycles. The minimum Gasteiger partial charge on any atom is -0.508 e. The van der Waals surface area contributed by atoms with E-state index in [1.807, 2.05) is 0 Å². The summed E-state index contributed by atoms with van der Waals surface area (Å²) >= 11 is 0. The van der Waals surface area contributed by atoms with E-state index in [0.29, 0.717) is 0 Å². The lowest BCUT2D eigenvalue weighted by molar-refractivity contribution is -0.318. The Balaban J connectivity index is 1.43. The monoisotopic (exact) mass is 524 g/mol. The van der Waals surface area contributed by atoms with Crippen LogP contribution in [0, 0.1) is 0 Å². The zero-order valence-corrected chi connectivity index (χ0v) is 19.4. The molecule has 7 N–H and O–H groups in total. The van der Waals surface area contributed by atoms with E-state index in [1.165, 1.54) is 48.5 Å². The van der Waals surface area contributed by atoms with Crippen LogP contribution in [0.3, 0.4) is 0 Å². The highest BCUT2D eigenvalue weighted by Gasteiger charge is 2.54. The number of hydrogen-bond acceptors (Lipinski definition) is 13. The standard InChI is InChI=1S/C24H28O13/c25-9-16-17(28)18(29)19(22(36-16)35-15-7-5-14(27)6-8-15)37-23-20(30)24(32,11-34-23)10-33-21(31)12-1-3-13(26)4-2-12/h1-8,16-20,22-23,25-30,32H,9-11H2/t16-,17-,18+,19-,20+,22-,23+,24-/m0/s1. The van der Waals surface area contributed by atoms with Crippen molar-refractivity contribution in [2.75, 3.05) is 19.8 Å². The zero-order chi connectivity index (χ0) is 26.7. The fraction of sp³-hybridized carbons (Fsp3) is 0.458. The van der Waals surface area contributed by atoms with Gasteiger partial charge in [-0.3, -0.25) is 0 Å². The van der Waals surface area contributed by atoms with Crippen LogP contribution >= 0.6 is 0 Å². The van der Waals surface area contributed by atoms with Gasteiger partial charge in [0, 0.05) is 0 Å². The first-order chi connectivity index (χ1) is 17.6. The maximum atomic E-state index is 12.2. The molecule has 13 nitrogen and oxygen atoms in total. The zero-order valence-electron chi connectivity index (χ0n) is 19.4. The Bertz CT molecular complexity index is 1050. The maximum Gasteiger partial charge on any atom is 0.338 e. The molecule has 0 amide bonds. The number of aliphatic hydroxyl groups excluding tert-OH is 4. The molecule has 2 fully saturated rings. The lowest BCUT2D eigenvalue weighted by atomic mass is 9.98. The molecule has 2 aliphatic heterocycles. The number of hydrogen-bond donors (Lipinski definition) is 7. The van der Waals surface area contributed by atoms with Gasteiger partial charge in [0.25, 0.3) is 0 Å². The van der Waals surface area contributed by atoms with E-state index in [1.54, 1.807) is 0 Å². The fourth-order valence-corrected chi connectivity index (χ4v) is 3.88. The minimum absolute atomic E-state index is 0.0266. The van der Waals surface area contributed by atoms with E-state index in [2.05, 4.69) is 0 Å². The van der Waals surface area contributed by atoms with Crippen LogP contribution in [0.1, 0.15) is 10.4 Å². The van der Waals surface area contributed by atoms with E-state index < -0.39 is 74.5 Å². The third kappa shape index (κ3) is 5.95. The molecule has 2 aromatic rings. The van der Waals surface area contributed by atoms with Gasteiger partial charge in [0.05, 0.1) is 18.8 Å². The smallest absolute Gasteiger partial charge is 0.338 e. The summed E-state index contributed by atoms with van der Waals surface area (Å²) in [6.45, 7) is -1.81. The molecular formula is C24H28O13. The second kappa shape index (κ2) is 11.2. The quantitative estimate of drug-likeness (QED) is 0.199. The number of aliphatic hydroxyl groups is 5. The Hall–Kier alpha value is -3.01. The molecule has 4 rings (SSSR count). The van der Waals surface area contributed by atoms with Crippen LogP contribution in [-0.2, 0) is 18.9 Å². The molecule has 37 heavy (non-hydrogen) atoms. The molecule has 2 aliphatic rings. The Labute approximate surface area is 210 Å². The van der Waals surface area contributed by atoms with E-state index >= 15 is 0 Å². The first-order valence-electron chi connectivity index (χ1n) is 11.3. The molecule has 13 heteroatoms. The molecular weight excluding hydrogens is 496 g/mol. The Morgan fingerprint density at radius 2 is 1.57 bits per heavy atom. The first kappa shape index (κ1) is 27.0. The number of phenolic OH excluding ortho intramolecular Hbond substituents is 2. The van der Waals surface area contributed by atoms with Crippen molar-refractivity contribution < 1.29 is 64.2 Å². The second-order valence-electron chi connectivity index (χ2n) is 8.77. The van der Waals surface area contributed by atoms with Crippen LogP contribution in [0.15, 0.2) is 48.5 Å². The Morgan fingerprint density at radius 3 is 2.19 bits per heavy atom. The minimum atomic E-state index is -2.07. The van der Waals surface area contributed by atoms with Gasteiger partial charge in [-0.25, -0.2) is 4.79 Å². The van der Waals surface area contributed by atoms with E-state index in [-0.39, 0.29) is 22.8 Å². The van der Waals surface area contributed by atoms with Crippen LogP contribution in [0.25, 0.3) is 0 Å². The van der Waals surface area contributed by atoms with Gasteiger partial charge in [-0.05, 0) is 48.5 Å². The molecule has 8 atom stereocenters. The summed E-state index contributed by atoms with van der Waals surface area (Å²) in [6, 6.07) is 10.7. The fourth-order valence-electron chi connectivity index (χ4n) is 3.88. The predicted molar refractivity (Wildman–Crippen MR) is 120 cm³/mol. The molecule has 0 unspecified atom stereocenters. The molecule has 0 spiro atoms. The lowest BCUT2D eigenvalue weighted by Gasteiger charge is -2.42. The lowest BCUT2D eigenvalue weighted by Crippen LogP contribution is -2.62. The van der Waals surface area contributed by atoms with Gasteiger partial charge in [0.2, 0.25) is 6.29 Å². The molecule has 202 valence electrons. The van der Waals surface area contributed by atoms with Gasteiger partial charge >= 0.3 is 5.97 Å². The van der Waals surface area contributed by atoms with Gasteiger partial charge in [0.1, 0.15) is 48.3 Å². The number of carbonyl (C=O) groups is 1. The predicted octanol–water partition coefficient (Wildman–Crippen LogP) is -1.39. The van der Waals surface area contributed by atoms with E-state index in [4.69, 9.17) is 23.7 Å². The third-order valence-electron chi connectivity index (χ3n) is 6.07. The van der Waals surface area contributed by atoms with Crippen LogP contribution in [0.4, 0.5) is 0 Å². The average molecular weight is 524 g/mol. The average Bonchev–Trinajstić information content (AvgIpc) is 3.17. The first-order valence-corrected chi connectivity index (χ1v) is 11.3. The highest BCUT2D eigenvalue weighted by atomic mass is 16.8. The van der Waals surface area contributed by atoms with Gasteiger partial charge < -0.3 is 59.4 Å². The number of phenols is 2. The molecule has 0 bridgehead atoms. The normalized spacial score (nSPS) is 33.7. The summed E-state index contributed by atoms with van der Waals surface area (Å²) in [5, 5.41) is 70.8. The summed E-state index contributed by atoms with van der Waals surface area (Å²) in [5.41, 5.74) is -1.97.